The summed E-state index contributed by atoms with van der Waals surface area (Å²) in [6.07, 6.45) is -5.50. The van der Waals surface area contributed by atoms with Crippen LogP contribution in [0, 0.1) is 0 Å². The maximum absolute atomic E-state index is 12.6. The van der Waals surface area contributed by atoms with Crippen LogP contribution in [-0.2, 0) is 6.18 Å². The van der Waals surface area contributed by atoms with Crippen LogP contribution in [0.3, 0.4) is 0 Å². The van der Waals surface area contributed by atoms with Gasteiger partial charge in [0.05, 0.1) is 5.56 Å². The molecule has 0 fully saturated rings. The molecule has 0 aliphatic carbocycles. The van der Waals surface area contributed by atoms with Gasteiger partial charge in [-0.25, -0.2) is 9.98 Å². The highest BCUT2D eigenvalue weighted by Gasteiger charge is 2.39. The number of nitrogens with one attached hydrogen (secondary N) is 1. The van der Waals surface area contributed by atoms with Gasteiger partial charge in [-0.15, -0.1) is 0 Å². The standard InChI is InChI=1S/C12H6Cl6F3N3/c13-10(14,15)8-22-7(23-9(24-8)11(16,17)18)5-1-3-6(4-2-5)12(19,20)21/h1-4,7H,(H,22,23,24). The lowest BCUT2D eigenvalue weighted by Gasteiger charge is -2.27. The Morgan fingerprint density at radius 2 is 1.21 bits per heavy atom. The summed E-state index contributed by atoms with van der Waals surface area (Å²) in [7, 11) is 0. The van der Waals surface area contributed by atoms with E-state index in [1.807, 2.05) is 0 Å². The Labute approximate surface area is 164 Å². The average Bonchev–Trinajstić information content (AvgIpc) is 2.44. The molecule has 12 heteroatoms. The number of hydrogen-bond donors (Lipinski definition) is 1. The minimum Gasteiger partial charge on any atom is -0.325 e. The molecule has 0 unspecified atom stereocenters. The quantitative estimate of drug-likeness (QED) is 0.524. The van der Waals surface area contributed by atoms with Gasteiger partial charge in [-0.3, -0.25) is 0 Å². The van der Waals surface area contributed by atoms with E-state index < -0.39 is 25.5 Å². The number of benzene rings is 1. The highest BCUT2D eigenvalue weighted by molar-refractivity contribution is 6.79. The predicted octanol–water partition coefficient (Wildman–Crippen LogP) is 5.84. The number of alkyl halides is 9. The lowest BCUT2D eigenvalue weighted by Crippen LogP contribution is -2.47. The summed E-state index contributed by atoms with van der Waals surface area (Å²) in [6, 6.07) is 4.15. The number of aliphatic imine (C=N–C) groups is 2. The van der Waals surface area contributed by atoms with Crippen LogP contribution in [0.1, 0.15) is 17.3 Å². The Bertz CT molecular complexity index is 643. The molecule has 3 nitrogen and oxygen atoms in total. The molecule has 2 rings (SSSR count). The second kappa shape index (κ2) is 6.89. The molecule has 1 aliphatic heterocycles. The highest BCUT2D eigenvalue weighted by Crippen LogP contribution is 2.37. The topological polar surface area (TPSA) is 36.8 Å². The van der Waals surface area contributed by atoms with E-state index in [0.29, 0.717) is 5.56 Å². The van der Waals surface area contributed by atoms with E-state index in [1.54, 1.807) is 0 Å². The van der Waals surface area contributed by atoms with Crippen LogP contribution in [0.5, 0.6) is 0 Å². The summed E-state index contributed by atoms with van der Waals surface area (Å²) in [6.45, 7) is 0. The van der Waals surface area contributed by atoms with E-state index in [1.165, 1.54) is 12.1 Å². The fourth-order valence-corrected chi connectivity index (χ4v) is 2.31. The fourth-order valence-electron chi connectivity index (χ4n) is 1.73. The van der Waals surface area contributed by atoms with Crippen LogP contribution in [0.15, 0.2) is 34.3 Å². The molecule has 0 amide bonds. The molecule has 1 aliphatic rings. The molecule has 0 bridgehead atoms. The molecular formula is C12H6Cl6F3N3. The van der Waals surface area contributed by atoms with Gasteiger partial charge >= 0.3 is 6.18 Å². The molecule has 1 aromatic carbocycles. The summed E-state index contributed by atoms with van der Waals surface area (Å²) in [4.78, 5) is 8.09. The first-order valence-corrected chi connectivity index (χ1v) is 8.29. The Balaban J connectivity index is 2.43. The van der Waals surface area contributed by atoms with Crippen LogP contribution in [0.2, 0.25) is 0 Å². The molecule has 132 valence electrons. The monoisotopic (exact) mass is 459 g/mol. The summed E-state index contributed by atoms with van der Waals surface area (Å²) in [5, 5.41) is 2.50. The highest BCUT2D eigenvalue weighted by atomic mass is 35.6. The van der Waals surface area contributed by atoms with Gasteiger partial charge < -0.3 is 5.32 Å². The van der Waals surface area contributed by atoms with Gasteiger partial charge in [-0.2, -0.15) is 13.2 Å². The molecular weight excluding hydrogens is 456 g/mol. The fraction of sp³-hybridized carbons (Fsp3) is 0.333. The van der Waals surface area contributed by atoms with Crippen molar-refractivity contribution in [1.82, 2.24) is 5.32 Å². The first-order chi connectivity index (χ1) is 10.8. The van der Waals surface area contributed by atoms with E-state index in [-0.39, 0.29) is 11.7 Å². The molecule has 0 atom stereocenters. The molecule has 1 aromatic rings. The maximum atomic E-state index is 12.6. The summed E-state index contributed by atoms with van der Waals surface area (Å²) in [5.74, 6) is -0.345. The molecule has 1 heterocycles. The number of rotatable bonds is 1. The Hall–Kier alpha value is -0.110. The van der Waals surface area contributed by atoms with Gasteiger partial charge in [0.1, 0.15) is 0 Å². The first kappa shape index (κ1) is 20.2. The second-order valence-corrected chi connectivity index (χ2v) is 9.13. The van der Waals surface area contributed by atoms with Crippen molar-refractivity contribution in [1.29, 1.82) is 0 Å². The zero-order valence-electron chi connectivity index (χ0n) is 11.2. The smallest absolute Gasteiger partial charge is 0.325 e. The summed E-state index contributed by atoms with van der Waals surface area (Å²) in [5.41, 5.74) is -0.528. The van der Waals surface area contributed by atoms with Crippen molar-refractivity contribution in [2.24, 2.45) is 9.98 Å². The molecule has 1 N–H and O–H groups in total. The van der Waals surface area contributed by atoms with Crippen molar-refractivity contribution in [2.45, 2.75) is 19.9 Å². The molecule has 0 spiro atoms. The normalized spacial score (nSPS) is 17.2. The van der Waals surface area contributed by atoms with Crippen molar-refractivity contribution in [3.8, 4) is 0 Å². The second-order valence-electron chi connectivity index (χ2n) is 4.57. The van der Waals surface area contributed by atoms with Gasteiger partial charge in [0, 0.05) is 0 Å². The van der Waals surface area contributed by atoms with Crippen molar-refractivity contribution in [3.05, 3.63) is 35.4 Å². The Morgan fingerprint density at radius 1 is 0.792 bits per heavy atom. The van der Waals surface area contributed by atoms with E-state index in [0.717, 1.165) is 12.1 Å². The van der Waals surface area contributed by atoms with Crippen LogP contribution < -0.4 is 5.32 Å². The first-order valence-electron chi connectivity index (χ1n) is 6.02. The average molecular weight is 462 g/mol. The van der Waals surface area contributed by atoms with Gasteiger partial charge in [0.25, 0.3) is 0 Å². The van der Waals surface area contributed by atoms with Crippen LogP contribution in [0.4, 0.5) is 13.2 Å². The minimum absolute atomic E-state index is 0.172. The largest absolute Gasteiger partial charge is 0.416 e. The zero-order chi connectivity index (χ0) is 18.3. The van der Waals surface area contributed by atoms with Gasteiger partial charge in [0.2, 0.25) is 7.59 Å². The predicted molar refractivity (Wildman–Crippen MR) is 92.8 cm³/mol. The third-order valence-corrected chi connectivity index (χ3v) is 3.89. The van der Waals surface area contributed by atoms with E-state index in [9.17, 15) is 13.2 Å². The van der Waals surface area contributed by atoms with Gasteiger partial charge in [0.15, 0.2) is 17.8 Å². The minimum atomic E-state index is -4.47. The van der Waals surface area contributed by atoms with Crippen LogP contribution in [-0.4, -0.2) is 19.3 Å². The van der Waals surface area contributed by atoms with E-state index >= 15 is 0 Å². The molecule has 0 saturated carbocycles. The van der Waals surface area contributed by atoms with Crippen molar-refractivity contribution in [2.75, 3.05) is 0 Å². The summed E-state index contributed by atoms with van der Waals surface area (Å²) < 4.78 is 33.9. The maximum Gasteiger partial charge on any atom is 0.416 e. The SMILES string of the molecule is FC(F)(F)c1ccc(C2N=C(C(Cl)(Cl)Cl)NC(C(Cl)(Cl)Cl)=N2)cc1. The van der Waals surface area contributed by atoms with Crippen molar-refractivity contribution < 1.29 is 13.2 Å². The van der Waals surface area contributed by atoms with Crippen LogP contribution >= 0.6 is 69.6 Å². The van der Waals surface area contributed by atoms with E-state index in [2.05, 4.69) is 15.3 Å². The lowest BCUT2D eigenvalue weighted by molar-refractivity contribution is -0.137. The molecule has 0 saturated heterocycles. The zero-order valence-corrected chi connectivity index (χ0v) is 15.7. The third-order valence-electron chi connectivity index (χ3n) is 2.81. The number of halogens is 9. The molecule has 0 aromatic heterocycles. The van der Waals surface area contributed by atoms with Crippen LogP contribution in [0.25, 0.3) is 0 Å². The Kier molecular flexibility index (Phi) is 5.80. The number of hydrogen-bond acceptors (Lipinski definition) is 3. The summed E-state index contributed by atoms with van der Waals surface area (Å²) >= 11 is 34.6. The number of nitrogens with zero attached hydrogens (tertiary/aromatic N) is 2. The van der Waals surface area contributed by atoms with Gasteiger partial charge in [-0.05, 0) is 17.7 Å². The Morgan fingerprint density at radius 3 is 1.54 bits per heavy atom. The molecule has 0 radical (unpaired) electrons. The van der Waals surface area contributed by atoms with Gasteiger partial charge in [-0.1, -0.05) is 81.7 Å². The number of amidine groups is 2. The van der Waals surface area contributed by atoms with E-state index in [4.69, 9.17) is 69.6 Å². The third kappa shape index (κ3) is 4.96. The lowest BCUT2D eigenvalue weighted by atomic mass is 10.1. The van der Waals surface area contributed by atoms with Crippen molar-refractivity contribution >= 4 is 81.3 Å². The van der Waals surface area contributed by atoms with Crippen molar-refractivity contribution in [3.63, 3.8) is 0 Å². The molecule has 24 heavy (non-hydrogen) atoms.